The van der Waals surface area contributed by atoms with Gasteiger partial charge in [0.15, 0.2) is 11.6 Å². The summed E-state index contributed by atoms with van der Waals surface area (Å²) in [5.74, 6) is -3.37. The number of benzene rings is 4. The number of hydrogen-bond donors (Lipinski definition) is 1. The Morgan fingerprint density at radius 1 is 0.718 bits per heavy atom. The summed E-state index contributed by atoms with van der Waals surface area (Å²) in [7, 11) is 0. The van der Waals surface area contributed by atoms with Gasteiger partial charge in [0.2, 0.25) is 0 Å². The molecule has 0 heterocycles. The van der Waals surface area contributed by atoms with Crippen molar-refractivity contribution in [3.05, 3.63) is 143 Å². The lowest BCUT2D eigenvalue weighted by Crippen LogP contribution is -2.07. The molecule has 4 aromatic carbocycles. The normalized spacial score (nSPS) is 11.0. The summed E-state index contributed by atoms with van der Waals surface area (Å²) in [4.78, 5) is 0. The Hall–Kier alpha value is -4.07. The Labute approximate surface area is 222 Å². The summed E-state index contributed by atoms with van der Waals surface area (Å²) in [6.45, 7) is 5.49. The first-order valence-electron chi connectivity index (χ1n) is 12.1. The quantitative estimate of drug-likeness (QED) is 0.228. The Morgan fingerprint density at radius 3 is 2.03 bits per heavy atom. The monoisotopic (exact) mass is 545 g/mol. The van der Waals surface area contributed by atoms with Crippen LogP contribution < -0.4 is 5.32 Å². The third-order valence-corrected chi connectivity index (χ3v) is 5.82. The summed E-state index contributed by atoms with van der Waals surface area (Å²) < 4.78 is 90.3. The molecule has 1 nitrogen and oxygen atoms in total. The molecule has 1 N–H and O–H groups in total. The van der Waals surface area contributed by atoms with Gasteiger partial charge in [-0.25, -0.2) is 17.6 Å². The van der Waals surface area contributed by atoms with Gasteiger partial charge in [-0.05, 0) is 78.4 Å². The molecule has 0 saturated heterocycles. The van der Waals surface area contributed by atoms with E-state index in [1.165, 1.54) is 17.2 Å². The molecule has 0 aromatic heterocycles. The molecule has 4 aromatic rings. The van der Waals surface area contributed by atoms with Crippen molar-refractivity contribution in [1.29, 1.82) is 0 Å². The largest absolute Gasteiger partial charge is 0.416 e. The average molecular weight is 546 g/mol. The molecule has 0 radical (unpaired) electrons. The SMILES string of the molecule is C=C(Nc1cc(F)cc(C(F)(F)F)c1)c1ccc(F)c(F)c1.CCc1cc(CCc2ccccc2)ccc1F. The van der Waals surface area contributed by atoms with E-state index in [0.29, 0.717) is 12.1 Å². The third kappa shape index (κ3) is 8.74. The van der Waals surface area contributed by atoms with E-state index in [0.717, 1.165) is 43.0 Å². The van der Waals surface area contributed by atoms with Crippen molar-refractivity contribution in [2.75, 3.05) is 5.32 Å². The van der Waals surface area contributed by atoms with Gasteiger partial charge in [0.25, 0.3) is 0 Å². The Kier molecular flexibility index (Phi) is 9.93. The van der Waals surface area contributed by atoms with Crippen LogP contribution >= 0.6 is 0 Å². The molecular formula is C31H26F7N. The second-order valence-electron chi connectivity index (χ2n) is 8.72. The summed E-state index contributed by atoms with van der Waals surface area (Å²) in [5.41, 5.74) is 2.10. The van der Waals surface area contributed by atoms with Crippen LogP contribution in [0, 0.1) is 23.3 Å². The fourth-order valence-electron chi connectivity index (χ4n) is 3.74. The molecule has 0 amide bonds. The minimum Gasteiger partial charge on any atom is -0.355 e. The number of aryl methyl sites for hydroxylation is 3. The number of halogens is 7. The Morgan fingerprint density at radius 2 is 1.38 bits per heavy atom. The third-order valence-electron chi connectivity index (χ3n) is 5.82. The molecule has 204 valence electrons. The van der Waals surface area contributed by atoms with Gasteiger partial charge in [0.1, 0.15) is 11.6 Å². The molecule has 0 aliphatic rings. The van der Waals surface area contributed by atoms with Crippen molar-refractivity contribution >= 4 is 11.4 Å². The van der Waals surface area contributed by atoms with Crippen LogP contribution in [0.15, 0.2) is 91.5 Å². The zero-order chi connectivity index (χ0) is 28.6. The van der Waals surface area contributed by atoms with Crippen LogP contribution in [0.5, 0.6) is 0 Å². The smallest absolute Gasteiger partial charge is 0.355 e. The van der Waals surface area contributed by atoms with Crippen molar-refractivity contribution in [2.24, 2.45) is 0 Å². The van der Waals surface area contributed by atoms with Gasteiger partial charge < -0.3 is 5.32 Å². The van der Waals surface area contributed by atoms with Gasteiger partial charge in [-0.2, -0.15) is 13.2 Å². The number of anilines is 1. The molecule has 0 fully saturated rings. The molecule has 0 atom stereocenters. The first-order valence-corrected chi connectivity index (χ1v) is 12.1. The van der Waals surface area contributed by atoms with E-state index in [2.05, 4.69) is 36.2 Å². The molecule has 39 heavy (non-hydrogen) atoms. The highest BCUT2D eigenvalue weighted by Gasteiger charge is 2.31. The van der Waals surface area contributed by atoms with Gasteiger partial charge in [-0.15, -0.1) is 0 Å². The van der Waals surface area contributed by atoms with Crippen LogP contribution in [-0.2, 0) is 25.4 Å². The molecule has 4 rings (SSSR count). The summed E-state index contributed by atoms with van der Waals surface area (Å²) in [6, 6.07) is 20.6. The number of nitrogens with one attached hydrogen (secondary N) is 1. The lowest BCUT2D eigenvalue weighted by Gasteiger charge is -2.13. The highest BCUT2D eigenvalue weighted by atomic mass is 19.4. The van der Waals surface area contributed by atoms with Crippen molar-refractivity contribution in [3.8, 4) is 0 Å². The van der Waals surface area contributed by atoms with Gasteiger partial charge in [0, 0.05) is 16.9 Å². The topological polar surface area (TPSA) is 12.0 Å². The zero-order valence-electron chi connectivity index (χ0n) is 21.1. The van der Waals surface area contributed by atoms with Gasteiger partial charge >= 0.3 is 6.18 Å². The lowest BCUT2D eigenvalue weighted by molar-refractivity contribution is -0.137. The lowest BCUT2D eigenvalue weighted by atomic mass is 10.0. The average Bonchev–Trinajstić information content (AvgIpc) is 2.90. The second-order valence-corrected chi connectivity index (χ2v) is 8.72. The molecule has 8 heteroatoms. The van der Waals surface area contributed by atoms with E-state index in [9.17, 15) is 30.7 Å². The molecule has 0 spiro atoms. The fraction of sp³-hybridized carbons (Fsp3) is 0.161. The van der Waals surface area contributed by atoms with Gasteiger partial charge in [-0.1, -0.05) is 56.0 Å². The van der Waals surface area contributed by atoms with Crippen LogP contribution in [-0.4, -0.2) is 0 Å². The highest BCUT2D eigenvalue weighted by molar-refractivity contribution is 5.75. The summed E-state index contributed by atoms with van der Waals surface area (Å²) in [6.07, 6.45) is -1.97. The van der Waals surface area contributed by atoms with Crippen LogP contribution in [0.1, 0.15) is 34.7 Å². The zero-order valence-corrected chi connectivity index (χ0v) is 21.1. The summed E-state index contributed by atoms with van der Waals surface area (Å²) in [5, 5.41) is 2.43. The van der Waals surface area contributed by atoms with E-state index in [1.807, 2.05) is 25.1 Å². The van der Waals surface area contributed by atoms with Gasteiger partial charge in [-0.3, -0.25) is 0 Å². The molecule has 0 aliphatic heterocycles. The maximum Gasteiger partial charge on any atom is 0.416 e. The Balaban J connectivity index is 0.000000223. The first kappa shape index (κ1) is 29.5. The maximum atomic E-state index is 13.3. The van der Waals surface area contributed by atoms with Crippen molar-refractivity contribution in [3.63, 3.8) is 0 Å². The van der Waals surface area contributed by atoms with E-state index in [4.69, 9.17) is 0 Å². The number of rotatable bonds is 7. The van der Waals surface area contributed by atoms with Crippen LogP contribution in [0.25, 0.3) is 5.70 Å². The maximum absolute atomic E-state index is 13.3. The van der Waals surface area contributed by atoms with Crippen molar-refractivity contribution in [2.45, 2.75) is 32.4 Å². The molecular weight excluding hydrogens is 519 g/mol. The van der Waals surface area contributed by atoms with E-state index < -0.39 is 29.2 Å². The minimum atomic E-state index is -4.71. The predicted molar refractivity (Wildman–Crippen MR) is 140 cm³/mol. The molecule has 0 unspecified atom stereocenters. The van der Waals surface area contributed by atoms with E-state index in [-0.39, 0.29) is 22.8 Å². The molecule has 0 saturated carbocycles. The highest BCUT2D eigenvalue weighted by Crippen LogP contribution is 2.32. The second kappa shape index (κ2) is 13.1. The van der Waals surface area contributed by atoms with E-state index in [1.54, 1.807) is 6.07 Å². The number of alkyl halides is 3. The van der Waals surface area contributed by atoms with Crippen molar-refractivity contribution < 1.29 is 30.7 Å². The molecule has 0 bridgehead atoms. The first-order chi connectivity index (χ1) is 18.5. The predicted octanol–water partition coefficient (Wildman–Crippen LogP) is 9.38. The molecule has 0 aliphatic carbocycles. The van der Waals surface area contributed by atoms with Crippen LogP contribution in [0.4, 0.5) is 36.4 Å². The van der Waals surface area contributed by atoms with Crippen LogP contribution in [0.3, 0.4) is 0 Å². The summed E-state index contributed by atoms with van der Waals surface area (Å²) >= 11 is 0. The fourth-order valence-corrected chi connectivity index (χ4v) is 3.74. The number of hydrogen-bond acceptors (Lipinski definition) is 1. The van der Waals surface area contributed by atoms with Crippen molar-refractivity contribution in [1.82, 2.24) is 0 Å². The minimum absolute atomic E-state index is 0.00220. The Bertz CT molecular complexity index is 1410. The van der Waals surface area contributed by atoms with Gasteiger partial charge in [0.05, 0.1) is 5.56 Å². The van der Waals surface area contributed by atoms with E-state index >= 15 is 0 Å². The van der Waals surface area contributed by atoms with Crippen LogP contribution in [0.2, 0.25) is 0 Å². The standard InChI is InChI=1S/C16H17F.C15H9F6N/c1-2-15-12-14(10-11-16(15)17)9-8-13-6-4-3-5-7-13;1-8(9-2-3-13(17)14(18)4-9)22-12-6-10(15(19,20)21)5-11(16)7-12/h3-7,10-12H,2,8-9H2,1H3;2-7,22H,1H2.